The van der Waals surface area contributed by atoms with Crippen LogP contribution in [0.1, 0.15) is 53.4 Å². The topological polar surface area (TPSA) is 30.9 Å². The van der Waals surface area contributed by atoms with E-state index in [1.165, 1.54) is 45.3 Å². The van der Waals surface area contributed by atoms with Crippen LogP contribution in [-0.4, -0.2) is 61.6 Å². The Hall–Kier alpha value is -0.770. The highest BCUT2D eigenvalue weighted by Gasteiger charge is 2.24. The van der Waals surface area contributed by atoms with Crippen molar-refractivity contribution in [1.29, 1.82) is 0 Å². The molecule has 0 aromatic heterocycles. The Balaban J connectivity index is 1.86. The van der Waals surface area contributed by atoms with Gasteiger partial charge in [-0.05, 0) is 70.0 Å². The number of hydrogen-bond donors (Lipinski definition) is 1. The summed E-state index contributed by atoms with van der Waals surface area (Å²) in [4.78, 5) is 10.1. The first-order valence-electron chi connectivity index (χ1n) is 9.87. The zero-order valence-electron chi connectivity index (χ0n) is 15.9. The third-order valence-corrected chi connectivity index (χ3v) is 5.25. The number of nitrogens with zero attached hydrogens (tertiary/aromatic N) is 3. The molecule has 2 aliphatic heterocycles. The fourth-order valence-electron chi connectivity index (χ4n) is 4.19. The first-order valence-corrected chi connectivity index (χ1v) is 9.87. The summed E-state index contributed by atoms with van der Waals surface area (Å²) in [5, 5.41) is 3.53. The Morgan fingerprint density at radius 3 is 2.30 bits per heavy atom. The van der Waals surface area contributed by atoms with Crippen molar-refractivity contribution in [2.24, 2.45) is 22.7 Å². The molecule has 0 amide bonds. The van der Waals surface area contributed by atoms with Gasteiger partial charge in [-0.25, -0.2) is 0 Å². The van der Waals surface area contributed by atoms with Crippen LogP contribution >= 0.6 is 0 Å². The van der Waals surface area contributed by atoms with Gasteiger partial charge in [0.15, 0.2) is 5.96 Å². The third-order valence-electron chi connectivity index (χ3n) is 5.25. The van der Waals surface area contributed by atoms with E-state index in [4.69, 9.17) is 4.99 Å². The van der Waals surface area contributed by atoms with Gasteiger partial charge in [0.2, 0.25) is 0 Å². The van der Waals surface area contributed by atoms with E-state index in [1.54, 1.807) is 0 Å². The SMILES string of the molecule is CCCN1CCC(CN=C(NCC)N2CC(C)CC(C)C2)CC1. The standard InChI is InChI=1S/C19H38N4/c1-5-9-22-10-7-18(8-11-22)13-21-19(20-6-2)23-14-16(3)12-17(4)15-23/h16-18H,5-15H2,1-4H3,(H,20,21). The average Bonchev–Trinajstić information content (AvgIpc) is 2.52. The minimum Gasteiger partial charge on any atom is -0.357 e. The largest absolute Gasteiger partial charge is 0.357 e. The molecule has 4 nitrogen and oxygen atoms in total. The van der Waals surface area contributed by atoms with Gasteiger partial charge >= 0.3 is 0 Å². The van der Waals surface area contributed by atoms with Gasteiger partial charge < -0.3 is 15.1 Å². The van der Waals surface area contributed by atoms with Crippen molar-refractivity contribution in [2.75, 3.05) is 45.8 Å². The van der Waals surface area contributed by atoms with Gasteiger partial charge in [0.05, 0.1) is 0 Å². The predicted octanol–water partition coefficient (Wildman–Crippen LogP) is 3.05. The van der Waals surface area contributed by atoms with Crippen LogP contribution in [0.4, 0.5) is 0 Å². The van der Waals surface area contributed by atoms with Crippen molar-refractivity contribution in [3.05, 3.63) is 0 Å². The van der Waals surface area contributed by atoms with E-state index in [-0.39, 0.29) is 0 Å². The van der Waals surface area contributed by atoms with Crippen LogP contribution in [0.3, 0.4) is 0 Å². The van der Waals surface area contributed by atoms with Crippen molar-refractivity contribution in [3.63, 3.8) is 0 Å². The van der Waals surface area contributed by atoms with E-state index in [0.29, 0.717) is 0 Å². The van der Waals surface area contributed by atoms with Crippen LogP contribution in [0.5, 0.6) is 0 Å². The fraction of sp³-hybridized carbons (Fsp3) is 0.947. The van der Waals surface area contributed by atoms with E-state index in [1.807, 2.05) is 0 Å². The maximum Gasteiger partial charge on any atom is 0.193 e. The Morgan fingerprint density at radius 2 is 1.74 bits per heavy atom. The van der Waals surface area contributed by atoms with Crippen molar-refractivity contribution in [3.8, 4) is 0 Å². The lowest BCUT2D eigenvalue weighted by Gasteiger charge is -2.37. The van der Waals surface area contributed by atoms with Crippen LogP contribution in [0.2, 0.25) is 0 Å². The van der Waals surface area contributed by atoms with Gasteiger partial charge in [-0.1, -0.05) is 20.8 Å². The summed E-state index contributed by atoms with van der Waals surface area (Å²) in [5.41, 5.74) is 0. The Bertz CT molecular complexity index is 350. The highest BCUT2D eigenvalue weighted by Crippen LogP contribution is 2.22. The second-order valence-electron chi connectivity index (χ2n) is 7.83. The number of aliphatic imine (C=N–C) groups is 1. The maximum absolute atomic E-state index is 5.01. The van der Waals surface area contributed by atoms with Crippen LogP contribution in [0.15, 0.2) is 4.99 Å². The van der Waals surface area contributed by atoms with Gasteiger partial charge in [0.25, 0.3) is 0 Å². The summed E-state index contributed by atoms with van der Waals surface area (Å²) >= 11 is 0. The molecule has 2 atom stereocenters. The monoisotopic (exact) mass is 322 g/mol. The molecule has 0 spiro atoms. The van der Waals surface area contributed by atoms with Gasteiger partial charge in [0, 0.05) is 26.2 Å². The number of piperidine rings is 2. The first kappa shape index (κ1) is 18.6. The summed E-state index contributed by atoms with van der Waals surface area (Å²) in [6.07, 6.45) is 5.26. The number of guanidine groups is 1. The van der Waals surface area contributed by atoms with Crippen LogP contribution in [-0.2, 0) is 0 Å². The number of hydrogen-bond acceptors (Lipinski definition) is 2. The van der Waals surface area contributed by atoms with E-state index in [2.05, 4.69) is 42.8 Å². The summed E-state index contributed by atoms with van der Waals surface area (Å²) in [6, 6.07) is 0. The molecule has 4 heteroatoms. The summed E-state index contributed by atoms with van der Waals surface area (Å²) < 4.78 is 0. The molecule has 2 fully saturated rings. The van der Waals surface area contributed by atoms with Gasteiger partial charge in [-0.3, -0.25) is 4.99 Å². The molecule has 1 N–H and O–H groups in total. The molecule has 2 unspecified atom stereocenters. The average molecular weight is 323 g/mol. The first-order chi connectivity index (χ1) is 11.1. The molecule has 23 heavy (non-hydrogen) atoms. The Kier molecular flexibility index (Phi) is 7.68. The number of nitrogens with one attached hydrogen (secondary N) is 1. The predicted molar refractivity (Wildman–Crippen MR) is 100.0 cm³/mol. The number of rotatable bonds is 5. The smallest absolute Gasteiger partial charge is 0.193 e. The maximum atomic E-state index is 5.01. The van der Waals surface area contributed by atoms with E-state index in [9.17, 15) is 0 Å². The summed E-state index contributed by atoms with van der Waals surface area (Å²) in [7, 11) is 0. The quantitative estimate of drug-likeness (QED) is 0.623. The van der Waals surface area contributed by atoms with Crippen molar-refractivity contribution < 1.29 is 0 Å². The molecule has 2 rings (SSSR count). The van der Waals surface area contributed by atoms with Gasteiger partial charge in [0.1, 0.15) is 0 Å². The molecular weight excluding hydrogens is 284 g/mol. The van der Waals surface area contributed by atoms with E-state index >= 15 is 0 Å². The second kappa shape index (κ2) is 9.51. The minimum atomic E-state index is 0.774. The lowest BCUT2D eigenvalue weighted by Crippen LogP contribution is -2.48. The summed E-state index contributed by atoms with van der Waals surface area (Å²) in [6.45, 7) is 17.3. The molecule has 0 radical (unpaired) electrons. The minimum absolute atomic E-state index is 0.774. The highest BCUT2D eigenvalue weighted by molar-refractivity contribution is 5.80. The molecule has 134 valence electrons. The molecule has 0 aromatic carbocycles. The van der Waals surface area contributed by atoms with Gasteiger partial charge in [-0.15, -0.1) is 0 Å². The zero-order chi connectivity index (χ0) is 16.7. The van der Waals surface area contributed by atoms with E-state index in [0.717, 1.165) is 49.9 Å². The zero-order valence-corrected chi connectivity index (χ0v) is 15.9. The van der Waals surface area contributed by atoms with Crippen LogP contribution < -0.4 is 5.32 Å². The molecule has 2 saturated heterocycles. The van der Waals surface area contributed by atoms with Crippen LogP contribution in [0, 0.1) is 17.8 Å². The Morgan fingerprint density at radius 1 is 1.09 bits per heavy atom. The third kappa shape index (κ3) is 5.98. The molecular formula is C19H38N4. The summed E-state index contributed by atoms with van der Waals surface area (Å²) in [5.74, 6) is 3.48. The van der Waals surface area contributed by atoms with Crippen molar-refractivity contribution in [1.82, 2.24) is 15.1 Å². The normalized spacial score (nSPS) is 28.2. The molecule has 2 heterocycles. The second-order valence-corrected chi connectivity index (χ2v) is 7.83. The van der Waals surface area contributed by atoms with Crippen molar-refractivity contribution in [2.45, 2.75) is 53.4 Å². The lowest BCUT2D eigenvalue weighted by atomic mass is 9.92. The molecule has 0 bridgehead atoms. The fourth-order valence-corrected chi connectivity index (χ4v) is 4.19. The van der Waals surface area contributed by atoms with Gasteiger partial charge in [-0.2, -0.15) is 0 Å². The molecule has 0 aromatic rings. The molecule has 2 aliphatic rings. The Labute approximate surface area is 143 Å². The van der Waals surface area contributed by atoms with Crippen molar-refractivity contribution >= 4 is 5.96 Å². The molecule has 0 saturated carbocycles. The number of likely N-dealkylation sites (tertiary alicyclic amines) is 2. The van der Waals surface area contributed by atoms with E-state index < -0.39 is 0 Å². The molecule has 0 aliphatic carbocycles. The highest BCUT2D eigenvalue weighted by atomic mass is 15.3. The van der Waals surface area contributed by atoms with Crippen LogP contribution in [0.25, 0.3) is 0 Å². The lowest BCUT2D eigenvalue weighted by molar-refractivity contribution is 0.186.